The largest absolute Gasteiger partial charge is 0.327 e. The molecule has 1 aliphatic rings. The van der Waals surface area contributed by atoms with Crippen molar-refractivity contribution in [3.8, 4) is 0 Å². The smallest absolute Gasteiger partial charge is 0.191 e. The molecule has 1 aromatic rings. The summed E-state index contributed by atoms with van der Waals surface area (Å²) < 4.78 is 1.98. The van der Waals surface area contributed by atoms with E-state index in [0.717, 1.165) is 17.5 Å². The fourth-order valence-electron chi connectivity index (χ4n) is 2.80. The number of nitrogens with two attached hydrogens (primary N) is 1. The molecule has 19 heavy (non-hydrogen) atoms. The van der Waals surface area contributed by atoms with Crippen LogP contribution >= 0.6 is 11.8 Å². The lowest BCUT2D eigenvalue weighted by Crippen LogP contribution is -2.42. The van der Waals surface area contributed by atoms with Crippen LogP contribution in [0.2, 0.25) is 0 Å². The molecular weight excluding hydrogens is 256 g/mol. The van der Waals surface area contributed by atoms with E-state index in [0.29, 0.717) is 10.7 Å². The van der Waals surface area contributed by atoms with Crippen LogP contribution in [-0.4, -0.2) is 26.1 Å². The molecule has 0 aromatic carbocycles. The van der Waals surface area contributed by atoms with Crippen molar-refractivity contribution in [2.75, 3.05) is 0 Å². The van der Waals surface area contributed by atoms with E-state index >= 15 is 0 Å². The van der Waals surface area contributed by atoms with Crippen LogP contribution in [0.25, 0.3) is 0 Å². The molecule has 1 heterocycles. The quantitative estimate of drug-likeness (QED) is 0.922. The maximum absolute atomic E-state index is 6.31. The van der Waals surface area contributed by atoms with E-state index in [9.17, 15) is 0 Å². The van der Waals surface area contributed by atoms with Gasteiger partial charge in [-0.15, -0.1) is 10.2 Å². The first-order chi connectivity index (χ1) is 8.94. The second kappa shape index (κ2) is 5.83. The molecule has 1 aliphatic carbocycles. The fourth-order valence-corrected chi connectivity index (χ4v) is 4.02. The van der Waals surface area contributed by atoms with Gasteiger partial charge in [-0.25, -0.2) is 0 Å². The first-order valence-electron chi connectivity index (χ1n) is 7.20. The van der Waals surface area contributed by atoms with Crippen LogP contribution in [0.3, 0.4) is 0 Å². The van der Waals surface area contributed by atoms with Gasteiger partial charge in [0.25, 0.3) is 0 Å². The minimum Gasteiger partial charge on any atom is -0.327 e. The summed E-state index contributed by atoms with van der Waals surface area (Å²) in [6.45, 7) is 7.07. The molecule has 0 bridgehead atoms. The Kier molecular flexibility index (Phi) is 4.56. The predicted molar refractivity (Wildman–Crippen MR) is 80.0 cm³/mol. The van der Waals surface area contributed by atoms with E-state index in [1.165, 1.54) is 19.3 Å². The van der Waals surface area contributed by atoms with Gasteiger partial charge in [0, 0.05) is 18.3 Å². The molecule has 108 valence electrons. The number of hydrogen-bond donors (Lipinski definition) is 1. The monoisotopic (exact) mass is 282 g/mol. The molecule has 1 saturated carbocycles. The summed E-state index contributed by atoms with van der Waals surface area (Å²) in [5.74, 6) is 0.767. The zero-order valence-corrected chi connectivity index (χ0v) is 13.3. The average Bonchev–Trinajstić information content (AvgIpc) is 2.77. The van der Waals surface area contributed by atoms with Crippen molar-refractivity contribution in [3.05, 3.63) is 6.33 Å². The summed E-state index contributed by atoms with van der Waals surface area (Å²) in [4.78, 5) is 0. The predicted octanol–water partition coefficient (Wildman–Crippen LogP) is 2.84. The third-order valence-electron chi connectivity index (χ3n) is 4.79. The normalized spacial score (nSPS) is 28.6. The van der Waals surface area contributed by atoms with Gasteiger partial charge >= 0.3 is 0 Å². The molecule has 0 aliphatic heterocycles. The van der Waals surface area contributed by atoms with Gasteiger partial charge in [0.15, 0.2) is 5.16 Å². The minimum atomic E-state index is 0.283. The number of nitrogens with zero attached hydrogens (tertiary/aromatic N) is 3. The van der Waals surface area contributed by atoms with Crippen molar-refractivity contribution in [1.29, 1.82) is 0 Å². The van der Waals surface area contributed by atoms with Crippen molar-refractivity contribution < 1.29 is 0 Å². The van der Waals surface area contributed by atoms with E-state index in [1.54, 1.807) is 18.1 Å². The SMILES string of the molecule is CCC(C)(C)C1CCC(N)C(Sc2nncn2C)C1. The maximum atomic E-state index is 6.31. The maximum Gasteiger partial charge on any atom is 0.191 e. The van der Waals surface area contributed by atoms with Gasteiger partial charge in [0.1, 0.15) is 6.33 Å². The second-order valence-corrected chi connectivity index (χ2v) is 7.60. The second-order valence-electron chi connectivity index (χ2n) is 6.40. The summed E-state index contributed by atoms with van der Waals surface area (Å²) in [6.07, 6.45) is 6.57. The van der Waals surface area contributed by atoms with Crippen molar-refractivity contribution in [1.82, 2.24) is 14.8 Å². The Morgan fingerprint density at radius 3 is 2.79 bits per heavy atom. The highest BCUT2D eigenvalue weighted by atomic mass is 32.2. The first-order valence-corrected chi connectivity index (χ1v) is 8.08. The molecule has 0 radical (unpaired) electrons. The minimum absolute atomic E-state index is 0.283. The lowest BCUT2D eigenvalue weighted by Gasteiger charge is -2.41. The first kappa shape index (κ1) is 14.9. The van der Waals surface area contributed by atoms with Gasteiger partial charge in [-0.3, -0.25) is 0 Å². The van der Waals surface area contributed by atoms with Crippen LogP contribution in [0.15, 0.2) is 11.5 Å². The number of hydrogen-bond acceptors (Lipinski definition) is 4. The number of thioether (sulfide) groups is 1. The van der Waals surface area contributed by atoms with E-state index in [-0.39, 0.29) is 6.04 Å². The summed E-state index contributed by atoms with van der Waals surface area (Å²) in [5, 5.41) is 9.57. The number of rotatable bonds is 4. The highest BCUT2D eigenvalue weighted by Gasteiger charge is 2.36. The van der Waals surface area contributed by atoms with Crippen molar-refractivity contribution in [2.24, 2.45) is 24.1 Å². The third-order valence-corrected chi connectivity index (χ3v) is 6.21. The van der Waals surface area contributed by atoms with Crippen LogP contribution in [0.4, 0.5) is 0 Å². The number of aryl methyl sites for hydroxylation is 1. The molecule has 3 atom stereocenters. The lowest BCUT2D eigenvalue weighted by molar-refractivity contribution is 0.148. The van der Waals surface area contributed by atoms with Crippen molar-refractivity contribution >= 4 is 11.8 Å². The molecule has 2 N–H and O–H groups in total. The summed E-state index contributed by atoms with van der Waals surface area (Å²) in [6, 6.07) is 0.283. The van der Waals surface area contributed by atoms with E-state index in [2.05, 4.69) is 31.0 Å². The van der Waals surface area contributed by atoms with Gasteiger partial charge in [0.05, 0.1) is 0 Å². The molecular formula is C14H26N4S. The Labute approximate surface area is 120 Å². The van der Waals surface area contributed by atoms with Crippen LogP contribution in [0.5, 0.6) is 0 Å². The van der Waals surface area contributed by atoms with Crippen LogP contribution in [0, 0.1) is 11.3 Å². The van der Waals surface area contributed by atoms with E-state index < -0.39 is 0 Å². The highest BCUT2D eigenvalue weighted by Crippen LogP contribution is 2.44. The average molecular weight is 282 g/mol. The van der Waals surface area contributed by atoms with Crippen LogP contribution < -0.4 is 5.73 Å². The Hall–Kier alpha value is -0.550. The van der Waals surface area contributed by atoms with Gasteiger partial charge in [-0.2, -0.15) is 0 Å². The van der Waals surface area contributed by atoms with Gasteiger partial charge < -0.3 is 10.3 Å². The van der Waals surface area contributed by atoms with E-state index in [4.69, 9.17) is 5.73 Å². The van der Waals surface area contributed by atoms with Gasteiger partial charge in [0.2, 0.25) is 0 Å². The molecule has 0 amide bonds. The number of aromatic nitrogens is 3. The Morgan fingerprint density at radius 2 is 2.21 bits per heavy atom. The summed E-state index contributed by atoms with van der Waals surface area (Å²) in [5.41, 5.74) is 6.73. The van der Waals surface area contributed by atoms with Crippen molar-refractivity contribution in [3.63, 3.8) is 0 Å². The topological polar surface area (TPSA) is 56.7 Å². The van der Waals surface area contributed by atoms with Gasteiger partial charge in [-0.05, 0) is 30.6 Å². The molecule has 1 fully saturated rings. The molecule has 4 nitrogen and oxygen atoms in total. The summed E-state index contributed by atoms with van der Waals surface area (Å²) >= 11 is 1.80. The molecule has 0 spiro atoms. The molecule has 2 rings (SSSR count). The highest BCUT2D eigenvalue weighted by molar-refractivity contribution is 7.99. The Balaban J connectivity index is 2.05. The summed E-state index contributed by atoms with van der Waals surface area (Å²) in [7, 11) is 1.99. The van der Waals surface area contributed by atoms with Crippen LogP contribution in [0.1, 0.15) is 46.5 Å². The van der Waals surface area contributed by atoms with Gasteiger partial charge in [-0.1, -0.05) is 39.0 Å². The molecule has 0 saturated heterocycles. The zero-order chi connectivity index (χ0) is 14.0. The Bertz CT molecular complexity index is 415. The molecule has 1 aromatic heterocycles. The zero-order valence-electron chi connectivity index (χ0n) is 12.5. The van der Waals surface area contributed by atoms with E-state index in [1.807, 2.05) is 11.6 Å². The van der Waals surface area contributed by atoms with Crippen molar-refractivity contribution in [2.45, 2.75) is 62.9 Å². The Morgan fingerprint density at radius 1 is 1.47 bits per heavy atom. The third kappa shape index (κ3) is 3.31. The molecule has 5 heteroatoms. The fraction of sp³-hybridized carbons (Fsp3) is 0.857. The molecule has 3 unspecified atom stereocenters. The standard InChI is InChI=1S/C14H26N4S/c1-5-14(2,3)10-6-7-11(15)12(8-10)19-13-17-16-9-18(13)4/h9-12H,5-8,15H2,1-4H3. The lowest BCUT2D eigenvalue weighted by atomic mass is 9.69. The van der Waals surface area contributed by atoms with Crippen LogP contribution in [-0.2, 0) is 7.05 Å².